The lowest BCUT2D eigenvalue weighted by Crippen LogP contribution is -2.36. The van der Waals surface area contributed by atoms with Crippen molar-refractivity contribution < 1.29 is 9.32 Å². The number of carbonyl (C=O) groups is 1. The smallest absolute Gasteiger partial charge is 0.313 e. The summed E-state index contributed by atoms with van der Waals surface area (Å²) in [5, 5.41) is 3.70. The van der Waals surface area contributed by atoms with E-state index in [0.717, 1.165) is 10.5 Å². The standard InChI is InChI=1S/C17H15N5O2S/c1-10-2-3-12-9-14(25-13(12)8-10)16(23)20-21-17-19-15(22-24-17)11-4-6-18-7-5-11/h2-8,14H,9H2,1H3,(H,20,23)(H,19,21,22). The fraction of sp³-hybridized carbons (Fsp3) is 0.176. The van der Waals surface area contributed by atoms with E-state index in [1.165, 1.54) is 11.1 Å². The number of amides is 1. The van der Waals surface area contributed by atoms with Crippen molar-refractivity contribution >= 4 is 23.7 Å². The summed E-state index contributed by atoms with van der Waals surface area (Å²) in [5.41, 5.74) is 8.50. The number of fused-ring (bicyclic) bond motifs is 1. The van der Waals surface area contributed by atoms with Gasteiger partial charge in [0.1, 0.15) is 0 Å². The van der Waals surface area contributed by atoms with Crippen molar-refractivity contribution in [3.63, 3.8) is 0 Å². The SMILES string of the molecule is Cc1ccc2c(c1)SC(C(=O)NNc1nc(-c3ccncc3)no1)C2. The van der Waals surface area contributed by atoms with Crippen LogP contribution >= 0.6 is 11.8 Å². The van der Waals surface area contributed by atoms with Gasteiger partial charge in [-0.3, -0.25) is 15.2 Å². The molecule has 0 fully saturated rings. The normalized spacial score (nSPS) is 15.6. The van der Waals surface area contributed by atoms with E-state index in [4.69, 9.17) is 4.52 Å². The second-order valence-electron chi connectivity index (χ2n) is 5.70. The van der Waals surface area contributed by atoms with Crippen LogP contribution in [0.15, 0.2) is 52.1 Å². The van der Waals surface area contributed by atoms with Gasteiger partial charge in [-0.15, -0.1) is 11.8 Å². The van der Waals surface area contributed by atoms with Crippen LogP contribution in [0.1, 0.15) is 11.1 Å². The molecule has 0 spiro atoms. The third kappa shape index (κ3) is 3.34. The zero-order valence-electron chi connectivity index (χ0n) is 13.4. The van der Waals surface area contributed by atoms with E-state index in [0.29, 0.717) is 12.2 Å². The molecule has 1 aromatic carbocycles. The van der Waals surface area contributed by atoms with Crippen LogP contribution in [0.4, 0.5) is 6.01 Å². The van der Waals surface area contributed by atoms with Crippen LogP contribution in [-0.4, -0.2) is 26.3 Å². The van der Waals surface area contributed by atoms with Crippen molar-refractivity contribution in [3.8, 4) is 11.4 Å². The zero-order chi connectivity index (χ0) is 17.2. The van der Waals surface area contributed by atoms with Crippen molar-refractivity contribution in [2.75, 3.05) is 5.43 Å². The lowest BCUT2D eigenvalue weighted by atomic mass is 10.1. The average Bonchev–Trinajstić information content (AvgIpc) is 3.27. The average molecular weight is 353 g/mol. The van der Waals surface area contributed by atoms with Crippen molar-refractivity contribution in [1.29, 1.82) is 0 Å². The van der Waals surface area contributed by atoms with Crippen LogP contribution < -0.4 is 10.9 Å². The summed E-state index contributed by atoms with van der Waals surface area (Å²) >= 11 is 1.57. The fourth-order valence-electron chi connectivity index (χ4n) is 2.57. The molecule has 3 heterocycles. The summed E-state index contributed by atoms with van der Waals surface area (Å²) in [6, 6.07) is 9.95. The van der Waals surface area contributed by atoms with E-state index in [-0.39, 0.29) is 17.2 Å². The van der Waals surface area contributed by atoms with Crippen molar-refractivity contribution in [1.82, 2.24) is 20.6 Å². The molecule has 0 radical (unpaired) electrons. The molecule has 4 rings (SSSR count). The van der Waals surface area contributed by atoms with Gasteiger partial charge < -0.3 is 4.52 Å². The predicted molar refractivity (Wildman–Crippen MR) is 93.8 cm³/mol. The summed E-state index contributed by atoms with van der Waals surface area (Å²) in [4.78, 5) is 21.7. The summed E-state index contributed by atoms with van der Waals surface area (Å²) in [5.74, 6) is 0.305. The van der Waals surface area contributed by atoms with Crippen LogP contribution in [0.25, 0.3) is 11.4 Å². The molecule has 2 N–H and O–H groups in total. The van der Waals surface area contributed by atoms with Gasteiger partial charge in [0.25, 0.3) is 5.91 Å². The largest absolute Gasteiger partial charge is 0.340 e. The first-order chi connectivity index (χ1) is 12.2. The molecule has 1 aliphatic heterocycles. The highest BCUT2D eigenvalue weighted by Gasteiger charge is 2.28. The monoisotopic (exact) mass is 353 g/mol. The number of anilines is 1. The Hall–Kier alpha value is -2.87. The summed E-state index contributed by atoms with van der Waals surface area (Å²) < 4.78 is 5.10. The predicted octanol–water partition coefficient (Wildman–Crippen LogP) is 2.60. The maximum Gasteiger partial charge on any atom is 0.340 e. The molecule has 7 nitrogen and oxygen atoms in total. The molecule has 25 heavy (non-hydrogen) atoms. The molecule has 0 saturated heterocycles. The molecule has 0 saturated carbocycles. The Morgan fingerprint density at radius 2 is 2.12 bits per heavy atom. The molecule has 126 valence electrons. The minimum atomic E-state index is -0.174. The van der Waals surface area contributed by atoms with Crippen molar-refractivity contribution in [3.05, 3.63) is 53.9 Å². The second-order valence-corrected chi connectivity index (χ2v) is 6.94. The van der Waals surface area contributed by atoms with E-state index >= 15 is 0 Å². The first-order valence-electron chi connectivity index (χ1n) is 7.75. The Kier molecular flexibility index (Phi) is 4.10. The summed E-state index contributed by atoms with van der Waals surface area (Å²) in [6.07, 6.45) is 4.01. The number of aromatic nitrogens is 3. The van der Waals surface area contributed by atoms with Gasteiger partial charge in [0.2, 0.25) is 5.82 Å². The lowest BCUT2D eigenvalue weighted by Gasteiger charge is -2.08. The van der Waals surface area contributed by atoms with Gasteiger partial charge in [-0.1, -0.05) is 22.9 Å². The number of pyridine rings is 1. The van der Waals surface area contributed by atoms with Gasteiger partial charge in [-0.2, -0.15) is 4.98 Å². The number of nitrogens with one attached hydrogen (secondary N) is 2. The number of hydrogen-bond donors (Lipinski definition) is 2. The minimum absolute atomic E-state index is 0.123. The minimum Gasteiger partial charge on any atom is -0.313 e. The maximum atomic E-state index is 12.4. The van der Waals surface area contributed by atoms with E-state index in [1.807, 2.05) is 6.92 Å². The first-order valence-corrected chi connectivity index (χ1v) is 8.63. The molecular weight excluding hydrogens is 338 g/mol. The molecule has 1 aliphatic rings. The molecule has 2 aromatic heterocycles. The Balaban J connectivity index is 1.36. The van der Waals surface area contributed by atoms with Gasteiger partial charge in [-0.25, -0.2) is 5.43 Å². The van der Waals surface area contributed by atoms with Crippen LogP contribution in [0, 0.1) is 6.92 Å². The van der Waals surface area contributed by atoms with Crippen LogP contribution in [0.2, 0.25) is 0 Å². The Labute approximate surface area is 148 Å². The quantitative estimate of drug-likeness (QED) is 0.696. The van der Waals surface area contributed by atoms with Crippen molar-refractivity contribution in [2.24, 2.45) is 0 Å². The molecule has 3 aromatic rings. The first kappa shape index (κ1) is 15.6. The highest BCUT2D eigenvalue weighted by Crippen LogP contribution is 2.37. The van der Waals surface area contributed by atoms with E-state index < -0.39 is 0 Å². The molecule has 8 heteroatoms. The highest BCUT2D eigenvalue weighted by molar-refractivity contribution is 8.01. The third-order valence-electron chi connectivity index (χ3n) is 3.85. The van der Waals surface area contributed by atoms with Crippen molar-refractivity contribution in [2.45, 2.75) is 23.5 Å². The second kappa shape index (κ2) is 6.56. The van der Waals surface area contributed by atoms with Gasteiger partial charge in [0, 0.05) is 22.9 Å². The van der Waals surface area contributed by atoms with E-state index in [9.17, 15) is 4.79 Å². The summed E-state index contributed by atoms with van der Waals surface area (Å²) in [6.45, 7) is 2.05. The number of aryl methyl sites for hydroxylation is 1. The van der Waals surface area contributed by atoms with Gasteiger partial charge in [0.05, 0.1) is 5.25 Å². The molecule has 0 bridgehead atoms. The topological polar surface area (TPSA) is 92.9 Å². The number of hydrazine groups is 1. The van der Waals surface area contributed by atoms with Crippen LogP contribution in [0.3, 0.4) is 0 Å². The van der Waals surface area contributed by atoms with E-state index in [2.05, 4.69) is 44.2 Å². The van der Waals surface area contributed by atoms with Gasteiger partial charge >= 0.3 is 6.01 Å². The zero-order valence-corrected chi connectivity index (χ0v) is 14.2. The van der Waals surface area contributed by atoms with E-state index in [1.54, 1.807) is 36.3 Å². The van der Waals surface area contributed by atoms with Crippen LogP contribution in [0.5, 0.6) is 0 Å². The number of carbonyl (C=O) groups excluding carboxylic acids is 1. The van der Waals surface area contributed by atoms with Crippen LogP contribution in [-0.2, 0) is 11.2 Å². The molecule has 1 amide bonds. The Bertz CT molecular complexity index is 912. The van der Waals surface area contributed by atoms with Gasteiger partial charge in [-0.05, 0) is 37.1 Å². The molecular formula is C17H15N5O2S. The molecule has 1 atom stereocenters. The fourth-order valence-corrected chi connectivity index (χ4v) is 3.86. The third-order valence-corrected chi connectivity index (χ3v) is 5.15. The Morgan fingerprint density at radius 3 is 2.96 bits per heavy atom. The molecule has 1 unspecified atom stereocenters. The summed E-state index contributed by atoms with van der Waals surface area (Å²) in [7, 11) is 0. The maximum absolute atomic E-state index is 12.4. The number of thioether (sulfide) groups is 1. The lowest BCUT2D eigenvalue weighted by molar-refractivity contribution is -0.120. The molecule has 0 aliphatic carbocycles. The number of hydrogen-bond acceptors (Lipinski definition) is 7. The highest BCUT2D eigenvalue weighted by atomic mass is 32.2. The number of nitrogens with zero attached hydrogens (tertiary/aromatic N) is 3. The number of rotatable bonds is 4. The Morgan fingerprint density at radius 1 is 1.28 bits per heavy atom. The number of benzene rings is 1. The van der Waals surface area contributed by atoms with Gasteiger partial charge in [0.15, 0.2) is 0 Å².